The van der Waals surface area contributed by atoms with Gasteiger partial charge in [-0.15, -0.1) is 0 Å². The minimum atomic E-state index is -0.526. The summed E-state index contributed by atoms with van der Waals surface area (Å²) in [5.74, 6) is 0. The van der Waals surface area contributed by atoms with Crippen LogP contribution in [0.4, 0.5) is 0 Å². The summed E-state index contributed by atoms with van der Waals surface area (Å²) in [6.45, 7) is 0. The van der Waals surface area contributed by atoms with E-state index >= 15 is 0 Å². The Morgan fingerprint density at radius 3 is 2.67 bits per heavy atom. The zero-order valence-electron chi connectivity index (χ0n) is 7.22. The van der Waals surface area contributed by atoms with Crippen molar-refractivity contribution >= 4 is 12.4 Å². The summed E-state index contributed by atoms with van der Waals surface area (Å²) < 4.78 is 9.88. The van der Waals surface area contributed by atoms with Crippen molar-refractivity contribution in [3.63, 3.8) is 0 Å². The summed E-state index contributed by atoms with van der Waals surface area (Å²) in [5.41, 5.74) is 0. The molecule has 6 nitrogen and oxygen atoms in total. The summed E-state index contributed by atoms with van der Waals surface area (Å²) in [6, 6.07) is 0.319. The van der Waals surface area contributed by atoms with Gasteiger partial charge in [-0.2, -0.15) is 10.1 Å². The number of methoxy groups -OCH3 is 2. The lowest BCUT2D eigenvalue weighted by Crippen LogP contribution is -2.42. The minimum absolute atomic E-state index is 0.319. The second-order valence-electron chi connectivity index (χ2n) is 1.95. The van der Waals surface area contributed by atoms with Crippen molar-refractivity contribution in [1.29, 1.82) is 0 Å². The van der Waals surface area contributed by atoms with Crippen LogP contribution >= 0.6 is 0 Å². The van der Waals surface area contributed by atoms with Gasteiger partial charge in [-0.25, -0.2) is 4.99 Å². The van der Waals surface area contributed by atoms with E-state index in [1.807, 2.05) is 0 Å². The highest BCUT2D eigenvalue weighted by Crippen LogP contribution is 2.07. The summed E-state index contributed by atoms with van der Waals surface area (Å²) in [7, 11) is 4.50. The van der Waals surface area contributed by atoms with E-state index in [2.05, 4.69) is 9.98 Å². The van der Waals surface area contributed by atoms with Crippen LogP contribution < -0.4 is 0 Å². The fourth-order valence-electron chi connectivity index (χ4n) is 0.819. The zero-order valence-corrected chi connectivity index (χ0v) is 7.22. The van der Waals surface area contributed by atoms with Crippen LogP contribution in [0.3, 0.4) is 0 Å². The van der Waals surface area contributed by atoms with Gasteiger partial charge in [-0.05, 0) is 0 Å². The number of ether oxygens (including phenoxy) is 2. The average molecular weight is 173 g/mol. The van der Waals surface area contributed by atoms with Crippen LogP contribution in [-0.4, -0.2) is 45.1 Å². The first kappa shape index (κ1) is 8.95. The third kappa shape index (κ3) is 1.54. The Bertz CT molecular complexity index is 204. The molecule has 0 bridgehead atoms. The quantitative estimate of drug-likeness (QED) is 0.581. The van der Waals surface area contributed by atoms with Gasteiger partial charge in [0.1, 0.15) is 6.34 Å². The molecule has 1 aliphatic heterocycles. The van der Waals surface area contributed by atoms with Crippen molar-refractivity contribution in [3.05, 3.63) is 0 Å². The molecule has 1 rings (SSSR count). The van der Waals surface area contributed by atoms with Gasteiger partial charge in [-0.1, -0.05) is 0 Å². The van der Waals surface area contributed by atoms with E-state index in [9.17, 15) is 0 Å². The predicted molar refractivity (Wildman–Crippen MR) is 42.6 cm³/mol. The molecular formula is C6H11N3O3. The molecule has 0 aromatic rings. The SMILES string of the molecule is COC1=NC=NC(OC)N1OC. The molecule has 68 valence electrons. The fraction of sp³-hybridized carbons (Fsp3) is 0.667. The standard InChI is InChI=1S/C6H11N3O3/c1-10-5-7-4-8-6(11-2)9(5)12-3/h4-5H,1-3H3. The third-order valence-electron chi connectivity index (χ3n) is 1.34. The molecule has 0 radical (unpaired) electrons. The monoisotopic (exact) mass is 173 g/mol. The molecule has 0 saturated heterocycles. The van der Waals surface area contributed by atoms with Crippen molar-refractivity contribution < 1.29 is 14.3 Å². The zero-order chi connectivity index (χ0) is 8.97. The number of rotatable bonds is 2. The smallest absolute Gasteiger partial charge is 0.322 e. The number of hydroxylamine groups is 2. The molecule has 1 unspecified atom stereocenters. The van der Waals surface area contributed by atoms with Crippen LogP contribution in [0.2, 0.25) is 0 Å². The van der Waals surface area contributed by atoms with Crippen LogP contribution in [0.25, 0.3) is 0 Å². The first-order valence-electron chi connectivity index (χ1n) is 3.33. The molecule has 12 heavy (non-hydrogen) atoms. The van der Waals surface area contributed by atoms with E-state index in [4.69, 9.17) is 14.3 Å². The van der Waals surface area contributed by atoms with Gasteiger partial charge < -0.3 is 9.47 Å². The van der Waals surface area contributed by atoms with Crippen molar-refractivity contribution in [2.45, 2.75) is 6.35 Å². The molecule has 0 saturated carbocycles. The maximum atomic E-state index is 4.97. The first-order chi connectivity index (χ1) is 5.83. The number of hydrogen-bond acceptors (Lipinski definition) is 6. The van der Waals surface area contributed by atoms with Crippen LogP contribution in [0.1, 0.15) is 0 Å². The number of nitrogens with zero attached hydrogens (tertiary/aromatic N) is 3. The van der Waals surface area contributed by atoms with Crippen molar-refractivity contribution in [3.8, 4) is 0 Å². The normalized spacial score (nSPS) is 22.4. The number of hydrogen-bond donors (Lipinski definition) is 0. The van der Waals surface area contributed by atoms with Gasteiger partial charge in [0.2, 0.25) is 0 Å². The third-order valence-corrected chi connectivity index (χ3v) is 1.34. The van der Waals surface area contributed by atoms with E-state index in [0.29, 0.717) is 6.02 Å². The van der Waals surface area contributed by atoms with Gasteiger partial charge in [0, 0.05) is 7.11 Å². The first-order valence-corrected chi connectivity index (χ1v) is 3.33. The summed E-state index contributed by atoms with van der Waals surface area (Å²) in [5, 5.41) is 1.32. The molecule has 6 heteroatoms. The molecule has 0 aromatic carbocycles. The predicted octanol–water partition coefficient (Wildman–Crippen LogP) is -0.176. The second kappa shape index (κ2) is 4.03. The highest BCUT2D eigenvalue weighted by Gasteiger charge is 2.24. The highest BCUT2D eigenvalue weighted by atomic mass is 16.7. The van der Waals surface area contributed by atoms with E-state index < -0.39 is 6.35 Å². The molecule has 1 atom stereocenters. The molecule has 0 aromatic heterocycles. The molecule has 0 spiro atoms. The minimum Gasteiger partial charge on any atom is -0.467 e. The molecule has 0 fully saturated rings. The van der Waals surface area contributed by atoms with Crippen molar-refractivity contribution in [2.75, 3.05) is 21.3 Å². The lowest BCUT2D eigenvalue weighted by molar-refractivity contribution is -0.186. The number of amidine groups is 1. The Kier molecular flexibility index (Phi) is 3.01. The van der Waals surface area contributed by atoms with E-state index in [-0.39, 0.29) is 0 Å². The Balaban J connectivity index is 2.73. The van der Waals surface area contributed by atoms with Crippen LogP contribution in [0.15, 0.2) is 9.98 Å². The van der Waals surface area contributed by atoms with Gasteiger partial charge in [-0.3, -0.25) is 4.84 Å². The highest BCUT2D eigenvalue weighted by molar-refractivity contribution is 5.83. The average Bonchev–Trinajstić information content (AvgIpc) is 2.16. The Morgan fingerprint density at radius 1 is 1.42 bits per heavy atom. The van der Waals surface area contributed by atoms with Crippen molar-refractivity contribution in [2.24, 2.45) is 9.98 Å². The van der Waals surface area contributed by atoms with Crippen molar-refractivity contribution in [1.82, 2.24) is 5.06 Å². The maximum Gasteiger partial charge on any atom is 0.322 e. The molecule has 0 aliphatic carbocycles. The van der Waals surface area contributed by atoms with E-state index in [1.165, 1.54) is 32.7 Å². The van der Waals surface area contributed by atoms with Crippen LogP contribution in [0.5, 0.6) is 0 Å². The summed E-state index contributed by atoms with van der Waals surface area (Å²) in [6.07, 6.45) is 0.838. The molecule has 1 heterocycles. The largest absolute Gasteiger partial charge is 0.467 e. The lowest BCUT2D eigenvalue weighted by atomic mass is 10.8. The second-order valence-corrected chi connectivity index (χ2v) is 1.95. The molecular weight excluding hydrogens is 162 g/mol. The Labute approximate surface area is 70.4 Å². The van der Waals surface area contributed by atoms with Crippen LogP contribution in [-0.2, 0) is 14.3 Å². The topological polar surface area (TPSA) is 55.7 Å². The Hall–Kier alpha value is -1.14. The van der Waals surface area contributed by atoms with Crippen LogP contribution in [0, 0.1) is 0 Å². The van der Waals surface area contributed by atoms with Gasteiger partial charge in [0.15, 0.2) is 0 Å². The molecule has 0 amide bonds. The lowest BCUT2D eigenvalue weighted by Gasteiger charge is -2.27. The fourth-order valence-corrected chi connectivity index (χ4v) is 0.819. The maximum absolute atomic E-state index is 4.97. The summed E-state index contributed by atoms with van der Waals surface area (Å²) >= 11 is 0. The molecule has 0 N–H and O–H groups in total. The van der Waals surface area contributed by atoms with Gasteiger partial charge in [0.05, 0.1) is 14.2 Å². The number of aliphatic imine (C=N–C) groups is 2. The Morgan fingerprint density at radius 2 is 2.17 bits per heavy atom. The van der Waals surface area contributed by atoms with E-state index in [1.54, 1.807) is 0 Å². The van der Waals surface area contributed by atoms with Gasteiger partial charge in [0.25, 0.3) is 6.35 Å². The van der Waals surface area contributed by atoms with E-state index in [0.717, 1.165) is 0 Å². The molecule has 1 aliphatic rings. The van der Waals surface area contributed by atoms with Gasteiger partial charge >= 0.3 is 6.02 Å². The summed E-state index contributed by atoms with van der Waals surface area (Å²) in [4.78, 5) is 12.6.